The molecule has 0 aromatic heterocycles. The van der Waals surface area contributed by atoms with Crippen LogP contribution in [0.4, 0.5) is 0 Å². The fourth-order valence-electron chi connectivity index (χ4n) is 1.42. The van der Waals surface area contributed by atoms with E-state index in [-0.39, 0.29) is 12.5 Å². The minimum absolute atomic E-state index is 0.215. The minimum Gasteiger partial charge on any atom is -0.389 e. The molecule has 70 valence electrons. The van der Waals surface area contributed by atoms with Crippen LogP contribution < -0.4 is 11.3 Å². The Balaban J connectivity index is 2.33. The van der Waals surface area contributed by atoms with Gasteiger partial charge in [0.1, 0.15) is 0 Å². The Bertz CT molecular complexity index is 181. The zero-order valence-corrected chi connectivity index (χ0v) is 7.21. The van der Waals surface area contributed by atoms with Crippen molar-refractivity contribution in [3.05, 3.63) is 0 Å². The minimum atomic E-state index is -0.644. The number of nitrogens with two attached hydrogens (primary N) is 1. The van der Waals surface area contributed by atoms with Gasteiger partial charge in [-0.05, 0) is 13.3 Å². The quantitative estimate of drug-likeness (QED) is 0.268. The van der Waals surface area contributed by atoms with Gasteiger partial charge in [0.25, 0.3) is 0 Å². The van der Waals surface area contributed by atoms with Crippen LogP contribution in [-0.4, -0.2) is 41.1 Å². The van der Waals surface area contributed by atoms with Gasteiger partial charge in [0.05, 0.1) is 12.1 Å². The molecule has 0 saturated carbocycles. The lowest BCUT2D eigenvalue weighted by molar-refractivity contribution is -0.122. The van der Waals surface area contributed by atoms with Crippen molar-refractivity contribution in [3.63, 3.8) is 0 Å². The van der Waals surface area contributed by atoms with E-state index < -0.39 is 5.60 Å². The predicted molar refractivity (Wildman–Crippen MR) is 44.0 cm³/mol. The predicted octanol–water partition coefficient (Wildman–Crippen LogP) is -1.57. The van der Waals surface area contributed by atoms with Crippen molar-refractivity contribution in [1.82, 2.24) is 10.3 Å². The van der Waals surface area contributed by atoms with Crippen molar-refractivity contribution in [2.75, 3.05) is 19.6 Å². The number of hydrogen-bond donors (Lipinski definition) is 3. The summed E-state index contributed by atoms with van der Waals surface area (Å²) >= 11 is 0. The monoisotopic (exact) mass is 173 g/mol. The lowest BCUT2D eigenvalue weighted by Gasteiger charge is -2.17. The van der Waals surface area contributed by atoms with Crippen LogP contribution in [0.1, 0.15) is 13.3 Å². The van der Waals surface area contributed by atoms with E-state index in [1.165, 1.54) is 0 Å². The van der Waals surface area contributed by atoms with Gasteiger partial charge in [-0.15, -0.1) is 0 Å². The van der Waals surface area contributed by atoms with Crippen molar-refractivity contribution in [2.24, 2.45) is 5.84 Å². The molecule has 1 unspecified atom stereocenters. The van der Waals surface area contributed by atoms with E-state index in [2.05, 4.69) is 5.43 Å². The molecule has 1 heterocycles. The third-order valence-corrected chi connectivity index (χ3v) is 2.06. The summed E-state index contributed by atoms with van der Waals surface area (Å²) in [5.41, 5.74) is 1.41. The molecule has 4 N–H and O–H groups in total. The van der Waals surface area contributed by atoms with Crippen LogP contribution in [0.3, 0.4) is 0 Å². The van der Waals surface area contributed by atoms with Gasteiger partial charge in [0.15, 0.2) is 0 Å². The summed E-state index contributed by atoms with van der Waals surface area (Å²) in [5, 5.41) is 9.55. The first kappa shape index (κ1) is 9.44. The van der Waals surface area contributed by atoms with Gasteiger partial charge >= 0.3 is 0 Å². The van der Waals surface area contributed by atoms with E-state index in [4.69, 9.17) is 5.84 Å². The Kier molecular flexibility index (Phi) is 2.66. The number of amides is 1. The SMILES string of the molecule is CC1(O)CCN(CC(=O)NN)C1. The maximum atomic E-state index is 10.8. The first-order valence-corrected chi connectivity index (χ1v) is 3.98. The Morgan fingerprint density at radius 1 is 1.83 bits per heavy atom. The van der Waals surface area contributed by atoms with Crippen molar-refractivity contribution in [1.29, 1.82) is 0 Å². The summed E-state index contributed by atoms with van der Waals surface area (Å²) in [5.74, 6) is 4.71. The number of hydrogen-bond acceptors (Lipinski definition) is 4. The van der Waals surface area contributed by atoms with Gasteiger partial charge in [0, 0.05) is 13.1 Å². The lowest BCUT2D eigenvalue weighted by atomic mass is 10.1. The Morgan fingerprint density at radius 2 is 2.50 bits per heavy atom. The zero-order valence-electron chi connectivity index (χ0n) is 7.21. The van der Waals surface area contributed by atoms with Gasteiger partial charge < -0.3 is 5.11 Å². The van der Waals surface area contributed by atoms with Crippen molar-refractivity contribution < 1.29 is 9.90 Å². The smallest absolute Gasteiger partial charge is 0.248 e. The number of nitrogens with one attached hydrogen (secondary N) is 1. The highest BCUT2D eigenvalue weighted by Crippen LogP contribution is 2.19. The fourth-order valence-corrected chi connectivity index (χ4v) is 1.42. The second-order valence-electron chi connectivity index (χ2n) is 3.53. The van der Waals surface area contributed by atoms with Crippen LogP contribution in [0, 0.1) is 0 Å². The maximum Gasteiger partial charge on any atom is 0.248 e. The van der Waals surface area contributed by atoms with E-state index in [9.17, 15) is 9.90 Å². The van der Waals surface area contributed by atoms with Crippen molar-refractivity contribution >= 4 is 5.91 Å². The van der Waals surface area contributed by atoms with E-state index in [0.717, 1.165) is 6.54 Å². The van der Waals surface area contributed by atoms with Gasteiger partial charge in [0.2, 0.25) is 5.91 Å². The van der Waals surface area contributed by atoms with E-state index in [1.807, 2.05) is 4.90 Å². The molecule has 5 heteroatoms. The summed E-state index contributed by atoms with van der Waals surface area (Å²) in [6, 6.07) is 0. The number of carbonyl (C=O) groups is 1. The molecule has 12 heavy (non-hydrogen) atoms. The van der Waals surface area contributed by atoms with E-state index in [1.54, 1.807) is 6.92 Å². The van der Waals surface area contributed by atoms with Crippen LogP contribution in [-0.2, 0) is 4.79 Å². The van der Waals surface area contributed by atoms with Crippen molar-refractivity contribution in [3.8, 4) is 0 Å². The number of aliphatic hydroxyl groups is 1. The third kappa shape index (κ3) is 2.44. The summed E-state index contributed by atoms with van der Waals surface area (Å²) in [4.78, 5) is 12.7. The number of likely N-dealkylation sites (tertiary alicyclic amines) is 1. The molecule has 1 aliphatic rings. The molecular weight excluding hydrogens is 158 g/mol. The average molecular weight is 173 g/mol. The van der Waals surface area contributed by atoms with Crippen LogP contribution in [0.25, 0.3) is 0 Å². The number of β-amino-alcohol motifs (C(OH)–C–C–N with tert-alkyl or cyclic N) is 1. The van der Waals surface area contributed by atoms with Gasteiger partial charge in [-0.25, -0.2) is 5.84 Å². The molecule has 0 bridgehead atoms. The van der Waals surface area contributed by atoms with Crippen LogP contribution in [0.15, 0.2) is 0 Å². The van der Waals surface area contributed by atoms with E-state index >= 15 is 0 Å². The van der Waals surface area contributed by atoms with Crippen LogP contribution >= 0.6 is 0 Å². The lowest BCUT2D eigenvalue weighted by Crippen LogP contribution is -2.40. The highest BCUT2D eigenvalue weighted by atomic mass is 16.3. The molecule has 0 aliphatic carbocycles. The number of nitrogens with zero attached hydrogens (tertiary/aromatic N) is 1. The first-order valence-electron chi connectivity index (χ1n) is 3.98. The maximum absolute atomic E-state index is 10.8. The first-order chi connectivity index (χ1) is 5.53. The molecule has 1 aliphatic heterocycles. The van der Waals surface area contributed by atoms with Gasteiger partial charge in [-0.2, -0.15) is 0 Å². The van der Waals surface area contributed by atoms with Crippen molar-refractivity contribution in [2.45, 2.75) is 18.9 Å². The molecule has 0 aromatic carbocycles. The second-order valence-corrected chi connectivity index (χ2v) is 3.53. The number of carbonyl (C=O) groups excluding carboxylic acids is 1. The average Bonchev–Trinajstić information content (AvgIpc) is 2.30. The number of rotatable bonds is 2. The Hall–Kier alpha value is -0.650. The van der Waals surface area contributed by atoms with Crippen LogP contribution in [0.5, 0.6) is 0 Å². The highest BCUT2D eigenvalue weighted by Gasteiger charge is 2.31. The number of hydrazine groups is 1. The molecule has 0 spiro atoms. The van der Waals surface area contributed by atoms with Gasteiger partial charge in [-0.3, -0.25) is 15.1 Å². The topological polar surface area (TPSA) is 78.6 Å². The summed E-state index contributed by atoms with van der Waals surface area (Å²) < 4.78 is 0. The second kappa shape index (κ2) is 3.38. The summed E-state index contributed by atoms with van der Waals surface area (Å²) in [6.45, 7) is 3.33. The highest BCUT2D eigenvalue weighted by molar-refractivity contribution is 5.77. The molecule has 0 aromatic rings. The largest absolute Gasteiger partial charge is 0.389 e. The molecule has 1 rings (SSSR count). The molecule has 1 amide bonds. The molecule has 5 nitrogen and oxygen atoms in total. The van der Waals surface area contributed by atoms with Crippen LogP contribution in [0.2, 0.25) is 0 Å². The normalized spacial score (nSPS) is 30.6. The third-order valence-electron chi connectivity index (χ3n) is 2.06. The zero-order chi connectivity index (χ0) is 9.19. The molecule has 1 fully saturated rings. The summed E-state index contributed by atoms with van der Waals surface area (Å²) in [7, 11) is 0. The molecule has 1 saturated heterocycles. The fraction of sp³-hybridized carbons (Fsp3) is 0.857. The molecule has 1 atom stereocenters. The standard InChI is InChI=1S/C7H15N3O2/c1-7(12)2-3-10(5-7)4-6(11)9-8/h12H,2-5,8H2,1H3,(H,9,11). The molecular formula is C7H15N3O2. The Labute approximate surface area is 71.5 Å². The van der Waals surface area contributed by atoms with Gasteiger partial charge in [-0.1, -0.05) is 0 Å². The Morgan fingerprint density at radius 3 is 2.92 bits per heavy atom. The molecule has 0 radical (unpaired) electrons. The van der Waals surface area contributed by atoms with E-state index in [0.29, 0.717) is 13.0 Å². The summed E-state index contributed by atoms with van der Waals surface area (Å²) in [6.07, 6.45) is 0.713.